The first kappa shape index (κ1) is 51.2. The number of hydrogen-bond donors (Lipinski definition) is 1. The van der Waals surface area contributed by atoms with Crippen LogP contribution < -0.4 is 5.73 Å². The lowest BCUT2D eigenvalue weighted by Gasteiger charge is -2.11. The number of nitrogens with two attached hydrogens (primary N) is 1. The number of anilines is 1. The van der Waals surface area contributed by atoms with E-state index in [2.05, 4.69) is 78.7 Å². The van der Waals surface area contributed by atoms with Gasteiger partial charge in [0.2, 0.25) is 0 Å². The molecule has 10 rings (SSSR count). The molecular weight excluding hydrogens is 872 g/mol. The fraction of sp³-hybridized carbons (Fsp3) is 0.0820. The zero-order valence-corrected chi connectivity index (χ0v) is 40.6. The topological polar surface area (TPSA) is 116 Å². The average molecular weight is 926 g/mol. The molecule has 71 heavy (non-hydrogen) atoms. The number of aldehydes is 1. The Morgan fingerprint density at radius 3 is 1.25 bits per heavy atom. The third-order valence-electron chi connectivity index (χ3n) is 11.0. The van der Waals surface area contributed by atoms with E-state index in [1.807, 2.05) is 189 Å². The number of carbonyl (C=O) groups is 1. The fourth-order valence-electron chi connectivity index (χ4n) is 7.61. The summed E-state index contributed by atoms with van der Waals surface area (Å²) in [4.78, 5) is 26.3. The Kier molecular flexibility index (Phi) is 18.2. The second-order valence-electron chi connectivity index (χ2n) is 16.1. The summed E-state index contributed by atoms with van der Waals surface area (Å²) in [6, 6.07) is 67.8. The van der Waals surface area contributed by atoms with Crippen molar-refractivity contribution in [2.45, 2.75) is 34.6 Å². The molecule has 347 valence electrons. The van der Waals surface area contributed by atoms with E-state index in [0.717, 1.165) is 95.8 Å². The lowest BCUT2D eigenvalue weighted by molar-refractivity contribution is 0.112. The highest BCUT2D eigenvalue weighted by atomic mass is 16.1. The molecule has 0 atom stereocenters. The van der Waals surface area contributed by atoms with Crippen LogP contribution in [0.4, 0.5) is 22.7 Å². The van der Waals surface area contributed by atoms with Crippen molar-refractivity contribution in [1.82, 2.24) is 19.6 Å². The molecule has 0 saturated carbocycles. The number of para-hydroxylation sites is 6. The van der Waals surface area contributed by atoms with Gasteiger partial charge in [-0.25, -0.2) is 19.3 Å². The maximum Gasteiger partial charge on any atom is 0.170 e. The van der Waals surface area contributed by atoms with Gasteiger partial charge in [0.05, 0.1) is 34.3 Å². The summed E-state index contributed by atoms with van der Waals surface area (Å²) in [6.45, 7) is 9.93. The third kappa shape index (κ3) is 12.9. The van der Waals surface area contributed by atoms with Crippen LogP contribution >= 0.6 is 0 Å². The number of aromatic nitrogens is 4. The number of aliphatic imine (C=N–C) groups is 3. The van der Waals surface area contributed by atoms with Crippen LogP contribution in [0.2, 0.25) is 0 Å². The largest absolute Gasteiger partial charge is 0.399 e. The maximum absolute atomic E-state index is 11.5. The zero-order chi connectivity index (χ0) is 49.2. The molecule has 0 unspecified atom stereocenters. The fourth-order valence-corrected chi connectivity index (χ4v) is 7.61. The Bertz CT molecular complexity index is 3420. The van der Waals surface area contributed by atoms with Gasteiger partial charge in [-0.05, 0) is 93.3 Å². The van der Waals surface area contributed by atoms with E-state index in [0.29, 0.717) is 11.5 Å². The van der Waals surface area contributed by atoms with Crippen molar-refractivity contribution in [3.05, 3.63) is 251 Å². The average Bonchev–Trinajstić information content (AvgIpc) is 3.96. The van der Waals surface area contributed by atoms with Gasteiger partial charge in [0.15, 0.2) is 18.0 Å². The monoisotopic (exact) mass is 925 g/mol. The van der Waals surface area contributed by atoms with E-state index in [1.54, 1.807) is 11.6 Å². The van der Waals surface area contributed by atoms with E-state index in [4.69, 9.17) is 20.8 Å². The third-order valence-corrected chi connectivity index (χ3v) is 11.0. The minimum absolute atomic E-state index is 0. The van der Waals surface area contributed by atoms with Crippen molar-refractivity contribution in [3.63, 3.8) is 0 Å². The highest BCUT2D eigenvalue weighted by Crippen LogP contribution is 2.28. The number of nitrogen functional groups attached to an aromatic ring is 1. The Hall–Kier alpha value is -9.20. The standard InChI is InChI=1S/C29H24N4.C23H19N3O.C6H7N.C3H4.B/c1-21-12-11-13-22(2)28(21)31-29(23-14-5-3-6-15-23)33-27-19-10-9-18-25(27)26(32-33)20-30-24-16-7-4-8-17-24;1-16-9-8-10-17(2)22(16)24-23(18-11-4-3-5-12-18)26-21-14-7-6-13-19(21)20(15-27)25-26;7-6-4-2-1-3-5-6;1-3-2;/h3-20H,1-2H3;3-15H,1-2H3;1-5H,7H2;1H,2H3;. The van der Waals surface area contributed by atoms with Crippen molar-refractivity contribution in [2.24, 2.45) is 15.0 Å². The summed E-state index contributed by atoms with van der Waals surface area (Å²) in [5.74, 6) is 3.72. The van der Waals surface area contributed by atoms with Gasteiger partial charge in [0.1, 0.15) is 11.4 Å². The Morgan fingerprint density at radius 2 is 0.859 bits per heavy atom. The van der Waals surface area contributed by atoms with Gasteiger partial charge < -0.3 is 5.73 Å². The van der Waals surface area contributed by atoms with Crippen LogP contribution in [0.15, 0.2) is 221 Å². The van der Waals surface area contributed by atoms with Gasteiger partial charge in [0.25, 0.3) is 0 Å². The molecule has 2 aromatic heterocycles. The van der Waals surface area contributed by atoms with E-state index in [-0.39, 0.29) is 8.41 Å². The van der Waals surface area contributed by atoms with Crippen LogP contribution in [0.1, 0.15) is 56.5 Å². The van der Waals surface area contributed by atoms with Gasteiger partial charge in [-0.1, -0.05) is 170 Å². The number of fused-ring (bicyclic) bond motifs is 2. The van der Waals surface area contributed by atoms with Crippen molar-refractivity contribution in [1.29, 1.82) is 0 Å². The molecule has 2 heterocycles. The SMILES string of the molecule is C#CC.Cc1cccc(C)c1N=C(c1ccccc1)n1nc(C=Nc2ccccc2)c2ccccc21.Cc1cccc(C)c1N=C(c1ccccc1)n1nc(C=O)c2ccccc21.Nc1ccccc1.[B]. The highest BCUT2D eigenvalue weighted by molar-refractivity contribution is 6.10. The molecule has 10 aromatic rings. The minimum atomic E-state index is 0. The smallest absolute Gasteiger partial charge is 0.170 e. The molecule has 0 amide bonds. The van der Waals surface area contributed by atoms with Crippen LogP contribution in [0.5, 0.6) is 0 Å². The first-order valence-corrected chi connectivity index (χ1v) is 22.8. The van der Waals surface area contributed by atoms with Gasteiger partial charge in [-0.15, -0.1) is 12.3 Å². The number of carbonyl (C=O) groups excluding carboxylic acids is 1. The van der Waals surface area contributed by atoms with Gasteiger partial charge in [-0.2, -0.15) is 10.2 Å². The summed E-state index contributed by atoms with van der Waals surface area (Å²) in [5, 5.41) is 11.4. The number of nitrogens with zero attached hydrogens (tertiary/aromatic N) is 7. The van der Waals surface area contributed by atoms with Crippen molar-refractivity contribution >= 4 is 77.1 Å². The number of rotatable bonds is 7. The molecule has 0 aliphatic rings. The van der Waals surface area contributed by atoms with E-state index < -0.39 is 0 Å². The summed E-state index contributed by atoms with van der Waals surface area (Å²) in [6.07, 6.45) is 7.22. The first-order chi connectivity index (χ1) is 34.2. The first-order valence-electron chi connectivity index (χ1n) is 22.8. The van der Waals surface area contributed by atoms with Crippen LogP contribution in [-0.2, 0) is 0 Å². The molecule has 3 radical (unpaired) electrons. The predicted octanol–water partition coefficient (Wildman–Crippen LogP) is 13.7. The maximum atomic E-state index is 11.5. The van der Waals surface area contributed by atoms with Crippen LogP contribution in [0.3, 0.4) is 0 Å². The van der Waals surface area contributed by atoms with Crippen LogP contribution in [0, 0.1) is 40.0 Å². The quantitative estimate of drug-likeness (QED) is 0.0428. The Balaban J connectivity index is 0.000000195. The summed E-state index contributed by atoms with van der Waals surface area (Å²) in [5.41, 5.74) is 18.4. The summed E-state index contributed by atoms with van der Waals surface area (Å²) >= 11 is 0. The number of aryl methyl sites for hydroxylation is 4. The van der Waals surface area contributed by atoms with E-state index >= 15 is 0 Å². The molecule has 0 spiro atoms. The molecule has 2 N–H and O–H groups in total. The normalized spacial score (nSPS) is 11.0. The predicted molar refractivity (Wildman–Crippen MR) is 298 cm³/mol. The molecule has 0 aliphatic carbocycles. The van der Waals surface area contributed by atoms with Crippen molar-refractivity contribution in [2.75, 3.05) is 5.73 Å². The molecule has 0 fully saturated rings. The molecule has 0 aliphatic heterocycles. The molecule has 0 bridgehead atoms. The lowest BCUT2D eigenvalue weighted by atomic mass is 10.1. The van der Waals surface area contributed by atoms with Gasteiger partial charge >= 0.3 is 0 Å². The van der Waals surface area contributed by atoms with Gasteiger partial charge in [0, 0.05) is 36.0 Å². The Morgan fingerprint density at radius 1 is 0.507 bits per heavy atom. The van der Waals surface area contributed by atoms with E-state index in [1.165, 1.54) is 0 Å². The lowest BCUT2D eigenvalue weighted by Crippen LogP contribution is -2.15. The van der Waals surface area contributed by atoms with Crippen molar-refractivity contribution < 1.29 is 4.79 Å². The number of hydrogen-bond acceptors (Lipinski definition) is 7. The zero-order valence-electron chi connectivity index (χ0n) is 40.6. The van der Waals surface area contributed by atoms with Crippen LogP contribution in [-0.4, -0.2) is 52.1 Å². The summed E-state index contributed by atoms with van der Waals surface area (Å²) in [7, 11) is 0. The summed E-state index contributed by atoms with van der Waals surface area (Å²) < 4.78 is 3.70. The van der Waals surface area contributed by atoms with Gasteiger partial charge in [-0.3, -0.25) is 9.79 Å². The molecular formula is C61H54BN8O. The Labute approximate surface area is 418 Å². The van der Waals surface area contributed by atoms with Crippen LogP contribution in [0.25, 0.3) is 21.8 Å². The molecule has 8 aromatic carbocycles. The second-order valence-corrected chi connectivity index (χ2v) is 16.1. The molecule has 9 nitrogen and oxygen atoms in total. The molecule has 0 saturated heterocycles. The highest BCUT2D eigenvalue weighted by Gasteiger charge is 2.18. The number of benzene rings is 8. The van der Waals surface area contributed by atoms with Crippen molar-refractivity contribution in [3.8, 4) is 12.3 Å². The molecule has 10 heteroatoms. The minimum Gasteiger partial charge on any atom is -0.399 e. The number of terminal acetylenes is 1. The van der Waals surface area contributed by atoms with E-state index in [9.17, 15) is 4.79 Å². The second kappa shape index (κ2) is 25.3.